The lowest BCUT2D eigenvalue weighted by molar-refractivity contribution is -0.145. The van der Waals surface area contributed by atoms with Crippen LogP contribution in [-0.2, 0) is 9.53 Å². The van der Waals surface area contributed by atoms with Gasteiger partial charge in [0.15, 0.2) is 0 Å². The molecule has 1 heterocycles. The van der Waals surface area contributed by atoms with Gasteiger partial charge in [-0.1, -0.05) is 90.0 Å². The third-order valence-electron chi connectivity index (χ3n) is 6.24. The standard InChI is InChI=1S/C26H48O5/c1-2-3-4-5-6-7-8-9-10-11-12-13-15-22(27)18-19-23(28)20-24(29)21-25-16-14-17-26(30)31-25/h14,17,22-25,27-29H,2-13,15-16,18-21H2,1H3. The molecule has 0 amide bonds. The lowest BCUT2D eigenvalue weighted by Crippen LogP contribution is -2.28. The van der Waals surface area contributed by atoms with E-state index in [2.05, 4.69) is 6.92 Å². The number of aliphatic hydroxyl groups is 3. The highest BCUT2D eigenvalue weighted by atomic mass is 16.5. The Kier molecular flexibility index (Phi) is 16.9. The van der Waals surface area contributed by atoms with Crippen LogP contribution in [0.15, 0.2) is 12.2 Å². The number of carbonyl (C=O) groups excluding carboxylic acids is 1. The van der Waals surface area contributed by atoms with E-state index in [0.29, 0.717) is 25.7 Å². The van der Waals surface area contributed by atoms with Gasteiger partial charge in [0.25, 0.3) is 0 Å². The molecule has 0 bridgehead atoms. The van der Waals surface area contributed by atoms with Crippen molar-refractivity contribution in [3.05, 3.63) is 12.2 Å². The highest BCUT2D eigenvalue weighted by Crippen LogP contribution is 2.18. The average molecular weight is 441 g/mol. The summed E-state index contributed by atoms with van der Waals surface area (Å²) in [5.41, 5.74) is 0. The zero-order valence-corrected chi connectivity index (χ0v) is 19.9. The van der Waals surface area contributed by atoms with E-state index in [1.807, 2.05) is 0 Å². The maximum absolute atomic E-state index is 11.2. The molecule has 4 atom stereocenters. The highest BCUT2D eigenvalue weighted by molar-refractivity contribution is 5.82. The van der Waals surface area contributed by atoms with Crippen LogP contribution in [-0.4, -0.2) is 45.7 Å². The summed E-state index contributed by atoms with van der Waals surface area (Å²) in [7, 11) is 0. The number of unbranched alkanes of at least 4 members (excludes halogenated alkanes) is 11. The Balaban J connectivity index is 1.91. The summed E-state index contributed by atoms with van der Waals surface area (Å²) in [5.74, 6) is -0.370. The normalized spacial score (nSPS) is 19.2. The predicted octanol–water partition coefficient (Wildman–Crippen LogP) is 5.59. The van der Waals surface area contributed by atoms with Crippen LogP contribution in [0.5, 0.6) is 0 Å². The topological polar surface area (TPSA) is 87.0 Å². The number of aliphatic hydroxyl groups excluding tert-OH is 3. The Bertz CT molecular complexity index is 465. The second-order valence-electron chi connectivity index (χ2n) is 9.38. The van der Waals surface area contributed by atoms with E-state index in [1.54, 1.807) is 6.08 Å². The summed E-state index contributed by atoms with van der Waals surface area (Å²) in [6, 6.07) is 0. The molecule has 0 fully saturated rings. The number of hydrogen-bond donors (Lipinski definition) is 3. The summed E-state index contributed by atoms with van der Waals surface area (Å²) in [4.78, 5) is 11.2. The molecule has 1 aliphatic heterocycles. The summed E-state index contributed by atoms with van der Waals surface area (Å²) in [5, 5.41) is 30.4. The second kappa shape index (κ2) is 18.6. The minimum atomic E-state index is -0.701. The van der Waals surface area contributed by atoms with Crippen LogP contribution in [0.25, 0.3) is 0 Å². The Labute approximate surface area is 190 Å². The van der Waals surface area contributed by atoms with Crippen molar-refractivity contribution < 1.29 is 24.9 Å². The van der Waals surface area contributed by atoms with Crippen molar-refractivity contribution in [2.24, 2.45) is 0 Å². The first-order valence-corrected chi connectivity index (χ1v) is 12.9. The summed E-state index contributed by atoms with van der Waals surface area (Å²) >= 11 is 0. The zero-order valence-electron chi connectivity index (χ0n) is 19.9. The van der Waals surface area contributed by atoms with Crippen molar-refractivity contribution in [2.75, 3.05) is 0 Å². The van der Waals surface area contributed by atoms with Gasteiger partial charge in [0.05, 0.1) is 18.3 Å². The molecular formula is C26H48O5. The highest BCUT2D eigenvalue weighted by Gasteiger charge is 2.22. The van der Waals surface area contributed by atoms with E-state index in [4.69, 9.17) is 4.74 Å². The van der Waals surface area contributed by atoms with Crippen molar-refractivity contribution in [2.45, 2.75) is 147 Å². The molecule has 3 N–H and O–H groups in total. The molecule has 0 aliphatic carbocycles. The van der Waals surface area contributed by atoms with Gasteiger partial charge >= 0.3 is 5.97 Å². The van der Waals surface area contributed by atoms with Gasteiger partial charge in [-0.2, -0.15) is 0 Å². The van der Waals surface area contributed by atoms with Crippen LogP contribution in [0.2, 0.25) is 0 Å². The van der Waals surface area contributed by atoms with Crippen molar-refractivity contribution >= 4 is 5.97 Å². The molecule has 4 unspecified atom stereocenters. The number of rotatable bonds is 20. The quantitative estimate of drug-likeness (QED) is 0.170. The summed E-state index contributed by atoms with van der Waals surface area (Å²) < 4.78 is 5.14. The third kappa shape index (κ3) is 16.4. The van der Waals surface area contributed by atoms with Gasteiger partial charge in [0, 0.05) is 18.9 Å². The van der Waals surface area contributed by atoms with E-state index in [1.165, 1.54) is 76.7 Å². The van der Waals surface area contributed by atoms with Crippen LogP contribution in [0.1, 0.15) is 122 Å². The maximum atomic E-state index is 11.2. The van der Waals surface area contributed by atoms with E-state index >= 15 is 0 Å². The van der Waals surface area contributed by atoms with Gasteiger partial charge in [0.2, 0.25) is 0 Å². The van der Waals surface area contributed by atoms with Crippen LogP contribution in [0.4, 0.5) is 0 Å². The molecule has 0 aromatic rings. The molecule has 1 rings (SSSR count). The molecule has 31 heavy (non-hydrogen) atoms. The van der Waals surface area contributed by atoms with Crippen molar-refractivity contribution in [3.8, 4) is 0 Å². The molecule has 0 aromatic carbocycles. The van der Waals surface area contributed by atoms with Crippen LogP contribution < -0.4 is 0 Å². The molecule has 0 spiro atoms. The SMILES string of the molecule is CCCCCCCCCCCCCCC(O)CCC(O)CC(O)CC1CC=CC(=O)O1. The number of cyclic esters (lactones) is 1. The van der Waals surface area contributed by atoms with Gasteiger partial charge < -0.3 is 20.1 Å². The Hall–Kier alpha value is -0.910. The first-order chi connectivity index (χ1) is 15.0. The fraction of sp³-hybridized carbons (Fsp3) is 0.885. The lowest BCUT2D eigenvalue weighted by atomic mass is 9.98. The van der Waals surface area contributed by atoms with E-state index in [0.717, 1.165) is 12.8 Å². The Morgan fingerprint density at radius 2 is 1.35 bits per heavy atom. The number of ether oxygens (including phenoxy) is 1. The van der Waals surface area contributed by atoms with Crippen molar-refractivity contribution in [1.82, 2.24) is 0 Å². The number of carbonyl (C=O) groups is 1. The summed E-state index contributed by atoms with van der Waals surface area (Å²) in [6.45, 7) is 2.26. The minimum Gasteiger partial charge on any atom is -0.459 e. The molecule has 0 radical (unpaired) electrons. The average Bonchev–Trinajstić information content (AvgIpc) is 2.73. The van der Waals surface area contributed by atoms with Crippen molar-refractivity contribution in [1.29, 1.82) is 0 Å². The molecule has 0 saturated carbocycles. The second-order valence-corrected chi connectivity index (χ2v) is 9.38. The Morgan fingerprint density at radius 3 is 1.94 bits per heavy atom. The van der Waals surface area contributed by atoms with Gasteiger partial charge in [-0.15, -0.1) is 0 Å². The fourth-order valence-electron chi connectivity index (χ4n) is 4.29. The largest absolute Gasteiger partial charge is 0.459 e. The van der Waals surface area contributed by atoms with E-state index < -0.39 is 12.2 Å². The fourth-order valence-corrected chi connectivity index (χ4v) is 4.29. The molecule has 5 heteroatoms. The van der Waals surface area contributed by atoms with Gasteiger partial charge in [0.1, 0.15) is 6.10 Å². The first kappa shape index (κ1) is 28.1. The first-order valence-electron chi connectivity index (χ1n) is 12.9. The number of hydrogen-bond acceptors (Lipinski definition) is 5. The number of esters is 1. The summed E-state index contributed by atoms with van der Waals surface area (Å²) in [6.07, 6.45) is 19.9. The monoisotopic (exact) mass is 440 g/mol. The van der Waals surface area contributed by atoms with Gasteiger partial charge in [-0.3, -0.25) is 0 Å². The molecule has 1 aliphatic rings. The van der Waals surface area contributed by atoms with Crippen molar-refractivity contribution in [3.63, 3.8) is 0 Å². The van der Waals surface area contributed by atoms with E-state index in [9.17, 15) is 20.1 Å². The van der Waals surface area contributed by atoms with Gasteiger partial charge in [-0.25, -0.2) is 4.79 Å². The van der Waals surface area contributed by atoms with Gasteiger partial charge in [-0.05, 0) is 25.7 Å². The minimum absolute atomic E-state index is 0.253. The zero-order chi connectivity index (χ0) is 22.7. The molecule has 0 aromatic heterocycles. The van der Waals surface area contributed by atoms with Crippen LogP contribution >= 0.6 is 0 Å². The Morgan fingerprint density at radius 1 is 0.806 bits per heavy atom. The smallest absolute Gasteiger partial charge is 0.330 e. The molecule has 5 nitrogen and oxygen atoms in total. The van der Waals surface area contributed by atoms with E-state index in [-0.39, 0.29) is 24.6 Å². The molecular weight excluding hydrogens is 392 g/mol. The van der Waals surface area contributed by atoms with Crippen LogP contribution in [0, 0.1) is 0 Å². The lowest BCUT2D eigenvalue weighted by Gasteiger charge is -2.23. The van der Waals surface area contributed by atoms with Crippen LogP contribution in [0.3, 0.4) is 0 Å². The predicted molar refractivity (Wildman–Crippen MR) is 126 cm³/mol. The molecule has 182 valence electrons. The maximum Gasteiger partial charge on any atom is 0.330 e. The molecule has 0 saturated heterocycles. The third-order valence-corrected chi connectivity index (χ3v) is 6.24.